The minimum atomic E-state index is -0.393. The Morgan fingerprint density at radius 3 is 3.00 bits per heavy atom. The number of hydrogen-bond donors (Lipinski definition) is 1. The first-order chi connectivity index (χ1) is 9.90. The first-order valence-electron chi connectivity index (χ1n) is 6.94. The Hall–Kier alpha value is -1.20. The minimum absolute atomic E-state index is 0.0737. The number of aryl methyl sites for hydroxylation is 1. The van der Waals surface area contributed by atoms with Gasteiger partial charge in [-0.2, -0.15) is 0 Å². The molecule has 0 spiro atoms. The molecular weight excluding hydrogens is 308 g/mol. The predicted molar refractivity (Wildman–Crippen MR) is 85.5 cm³/mol. The van der Waals surface area contributed by atoms with Gasteiger partial charge in [-0.25, -0.2) is 0 Å². The third-order valence-corrected chi connectivity index (χ3v) is 6.10. The van der Waals surface area contributed by atoms with Crippen molar-refractivity contribution in [2.45, 2.75) is 37.6 Å². The summed E-state index contributed by atoms with van der Waals surface area (Å²) in [7, 11) is 0. The van der Waals surface area contributed by atoms with Crippen molar-refractivity contribution in [1.29, 1.82) is 0 Å². The summed E-state index contributed by atoms with van der Waals surface area (Å²) in [6, 6.07) is 5.04. The van der Waals surface area contributed by atoms with Crippen molar-refractivity contribution in [3.05, 3.63) is 28.8 Å². The Morgan fingerprint density at radius 1 is 1.52 bits per heavy atom. The first kappa shape index (κ1) is 14.7. The molecule has 6 heteroatoms. The number of halogens is 1. The first-order valence-corrected chi connectivity index (χ1v) is 8.30. The average Bonchev–Trinajstić information content (AvgIpc) is 2.91. The highest BCUT2D eigenvalue weighted by Crippen LogP contribution is 2.47. The highest BCUT2D eigenvalue weighted by Gasteiger charge is 2.52. The summed E-state index contributed by atoms with van der Waals surface area (Å²) in [5.41, 5.74) is 1.63. The second-order valence-electron chi connectivity index (χ2n) is 5.72. The lowest BCUT2D eigenvalue weighted by Gasteiger charge is -2.29. The molecule has 2 saturated heterocycles. The number of benzene rings is 1. The molecule has 0 aromatic heterocycles. The van der Waals surface area contributed by atoms with Gasteiger partial charge in [0.1, 0.15) is 6.04 Å². The standard InChI is InChI=1S/C15H17ClN2O2S/c1-9-3-4-10(7-11(9)16)17-14(20)12-8-21-15(2)6-5-13(19)18(12)15/h3-4,7,12H,5-6,8H2,1-2H3,(H,17,20)/t12-,15-/m0/s1. The van der Waals surface area contributed by atoms with Gasteiger partial charge in [0.25, 0.3) is 0 Å². The topological polar surface area (TPSA) is 49.4 Å². The van der Waals surface area contributed by atoms with Crippen LogP contribution in [0.2, 0.25) is 5.02 Å². The summed E-state index contributed by atoms with van der Waals surface area (Å²) < 4.78 is 0. The van der Waals surface area contributed by atoms with Crippen molar-refractivity contribution in [1.82, 2.24) is 4.90 Å². The van der Waals surface area contributed by atoms with Crippen LogP contribution in [-0.2, 0) is 9.59 Å². The summed E-state index contributed by atoms with van der Waals surface area (Å²) in [5, 5.41) is 3.49. The summed E-state index contributed by atoms with van der Waals surface area (Å²) in [6.07, 6.45) is 1.35. The van der Waals surface area contributed by atoms with Gasteiger partial charge in [0.15, 0.2) is 0 Å². The monoisotopic (exact) mass is 324 g/mol. The largest absolute Gasteiger partial charge is 0.324 e. The van der Waals surface area contributed by atoms with Crippen LogP contribution in [0.25, 0.3) is 0 Å². The second-order valence-corrected chi connectivity index (χ2v) is 7.63. The maximum absolute atomic E-state index is 12.5. The van der Waals surface area contributed by atoms with E-state index in [9.17, 15) is 9.59 Å². The number of amides is 2. The van der Waals surface area contributed by atoms with Gasteiger partial charge in [0.05, 0.1) is 4.87 Å². The Morgan fingerprint density at radius 2 is 2.29 bits per heavy atom. The highest BCUT2D eigenvalue weighted by atomic mass is 35.5. The number of nitrogens with zero attached hydrogens (tertiary/aromatic N) is 1. The zero-order valence-corrected chi connectivity index (χ0v) is 13.6. The molecule has 0 bridgehead atoms. The maximum Gasteiger partial charge on any atom is 0.248 e. The van der Waals surface area contributed by atoms with Gasteiger partial charge in [0, 0.05) is 22.9 Å². The number of nitrogens with one attached hydrogen (secondary N) is 1. The summed E-state index contributed by atoms with van der Waals surface area (Å²) in [5.74, 6) is 0.583. The number of thioether (sulfide) groups is 1. The lowest BCUT2D eigenvalue weighted by Crippen LogP contribution is -2.48. The number of carbonyl (C=O) groups is 2. The molecule has 0 radical (unpaired) electrons. The molecule has 2 amide bonds. The molecule has 21 heavy (non-hydrogen) atoms. The van der Waals surface area contributed by atoms with Crippen LogP contribution >= 0.6 is 23.4 Å². The Labute approximate surface area is 133 Å². The van der Waals surface area contributed by atoms with Gasteiger partial charge in [-0.1, -0.05) is 17.7 Å². The van der Waals surface area contributed by atoms with Crippen molar-refractivity contribution < 1.29 is 9.59 Å². The van der Waals surface area contributed by atoms with Crippen LogP contribution in [0.15, 0.2) is 18.2 Å². The van der Waals surface area contributed by atoms with E-state index in [1.165, 1.54) is 0 Å². The van der Waals surface area contributed by atoms with Crippen LogP contribution in [0.5, 0.6) is 0 Å². The van der Waals surface area contributed by atoms with E-state index in [4.69, 9.17) is 11.6 Å². The second kappa shape index (κ2) is 5.21. The SMILES string of the molecule is Cc1ccc(NC(=O)[C@@H]2CS[C@@]3(C)CCC(=O)N23)cc1Cl. The number of hydrogen-bond acceptors (Lipinski definition) is 3. The Balaban J connectivity index is 1.77. The number of fused-ring (bicyclic) bond motifs is 1. The smallest absolute Gasteiger partial charge is 0.248 e. The van der Waals surface area contributed by atoms with E-state index >= 15 is 0 Å². The van der Waals surface area contributed by atoms with E-state index in [0.717, 1.165) is 12.0 Å². The van der Waals surface area contributed by atoms with Crippen molar-refractivity contribution >= 4 is 40.9 Å². The lowest BCUT2D eigenvalue weighted by atomic mass is 10.2. The van der Waals surface area contributed by atoms with Crippen LogP contribution in [0.4, 0.5) is 5.69 Å². The van der Waals surface area contributed by atoms with Gasteiger partial charge < -0.3 is 10.2 Å². The molecule has 2 fully saturated rings. The van der Waals surface area contributed by atoms with E-state index in [1.54, 1.807) is 22.7 Å². The fourth-order valence-corrected chi connectivity index (χ4v) is 4.52. The minimum Gasteiger partial charge on any atom is -0.324 e. The van der Waals surface area contributed by atoms with Gasteiger partial charge in [0.2, 0.25) is 11.8 Å². The molecule has 1 aromatic carbocycles. The van der Waals surface area contributed by atoms with E-state index in [1.807, 2.05) is 26.0 Å². The molecule has 112 valence electrons. The number of rotatable bonds is 2. The van der Waals surface area contributed by atoms with Gasteiger partial charge in [-0.05, 0) is 38.0 Å². The molecule has 1 aromatic rings. The average molecular weight is 325 g/mol. The Kier molecular flexibility index (Phi) is 3.66. The number of carbonyl (C=O) groups excluding carboxylic acids is 2. The third-order valence-electron chi connectivity index (χ3n) is 4.19. The summed E-state index contributed by atoms with van der Waals surface area (Å²) in [4.78, 5) is 26.1. The van der Waals surface area contributed by atoms with E-state index in [2.05, 4.69) is 5.32 Å². The molecule has 2 aliphatic rings. The third kappa shape index (κ3) is 2.53. The molecule has 2 heterocycles. The molecule has 2 atom stereocenters. The highest BCUT2D eigenvalue weighted by molar-refractivity contribution is 8.01. The predicted octanol–water partition coefficient (Wildman–Crippen LogP) is 3.04. The van der Waals surface area contributed by atoms with Crippen LogP contribution in [0.1, 0.15) is 25.3 Å². The van der Waals surface area contributed by atoms with Gasteiger partial charge in [-0.15, -0.1) is 11.8 Å². The molecule has 4 nitrogen and oxygen atoms in total. The van der Waals surface area contributed by atoms with Crippen molar-refractivity contribution in [2.75, 3.05) is 11.1 Å². The van der Waals surface area contributed by atoms with Crippen LogP contribution in [-0.4, -0.2) is 33.4 Å². The number of anilines is 1. The molecule has 0 aliphatic carbocycles. The normalized spacial score (nSPS) is 27.9. The van der Waals surface area contributed by atoms with E-state index in [-0.39, 0.29) is 16.7 Å². The molecule has 0 saturated carbocycles. The van der Waals surface area contributed by atoms with Crippen molar-refractivity contribution in [3.8, 4) is 0 Å². The van der Waals surface area contributed by atoms with Crippen LogP contribution < -0.4 is 5.32 Å². The van der Waals surface area contributed by atoms with Gasteiger partial charge in [-0.3, -0.25) is 9.59 Å². The quantitative estimate of drug-likeness (QED) is 0.909. The summed E-state index contributed by atoms with van der Waals surface area (Å²) in [6.45, 7) is 3.95. The fraction of sp³-hybridized carbons (Fsp3) is 0.467. The summed E-state index contributed by atoms with van der Waals surface area (Å²) >= 11 is 7.76. The van der Waals surface area contributed by atoms with E-state index in [0.29, 0.717) is 22.9 Å². The Bertz CT molecular complexity index is 622. The molecule has 3 rings (SSSR count). The fourth-order valence-electron chi connectivity index (χ4n) is 2.91. The van der Waals surface area contributed by atoms with Crippen molar-refractivity contribution in [3.63, 3.8) is 0 Å². The lowest BCUT2D eigenvalue weighted by molar-refractivity contribution is -0.135. The molecule has 1 N–H and O–H groups in total. The van der Waals surface area contributed by atoms with Crippen LogP contribution in [0, 0.1) is 6.92 Å². The zero-order chi connectivity index (χ0) is 15.2. The maximum atomic E-state index is 12.5. The molecule has 2 aliphatic heterocycles. The van der Waals surface area contributed by atoms with Crippen LogP contribution in [0.3, 0.4) is 0 Å². The van der Waals surface area contributed by atoms with Gasteiger partial charge >= 0.3 is 0 Å². The molecule has 0 unspecified atom stereocenters. The molecular formula is C15H17ClN2O2S. The van der Waals surface area contributed by atoms with Crippen molar-refractivity contribution in [2.24, 2.45) is 0 Å². The van der Waals surface area contributed by atoms with E-state index < -0.39 is 6.04 Å². The zero-order valence-electron chi connectivity index (χ0n) is 12.0.